The van der Waals surface area contributed by atoms with Gasteiger partial charge in [0.05, 0.1) is 5.69 Å². The number of rotatable bonds is 3. The third-order valence-corrected chi connectivity index (χ3v) is 3.89. The van der Waals surface area contributed by atoms with E-state index in [-0.39, 0.29) is 0 Å². The summed E-state index contributed by atoms with van der Waals surface area (Å²) in [6.45, 7) is 3.81. The highest BCUT2D eigenvalue weighted by Crippen LogP contribution is 2.28. The Hall–Kier alpha value is -2.52. The molecular formula is C19H18N2O. The molecule has 3 aromatic rings. The van der Waals surface area contributed by atoms with Crippen LogP contribution in [0.2, 0.25) is 0 Å². The minimum atomic E-state index is -1.13. The third-order valence-electron chi connectivity index (χ3n) is 3.89. The van der Waals surface area contributed by atoms with Crippen LogP contribution >= 0.6 is 0 Å². The van der Waals surface area contributed by atoms with Crippen molar-refractivity contribution in [3.63, 3.8) is 0 Å². The molecule has 110 valence electrons. The molecule has 0 radical (unpaired) electrons. The van der Waals surface area contributed by atoms with Crippen LogP contribution in [0.3, 0.4) is 0 Å². The van der Waals surface area contributed by atoms with E-state index in [0.29, 0.717) is 5.69 Å². The average Bonchev–Trinajstić information content (AvgIpc) is 2.56. The Bertz CT molecular complexity index is 748. The fourth-order valence-corrected chi connectivity index (χ4v) is 2.42. The predicted octanol–water partition coefficient (Wildman–Crippen LogP) is 3.71. The lowest BCUT2D eigenvalue weighted by Crippen LogP contribution is -2.24. The number of aromatic nitrogens is 2. The maximum absolute atomic E-state index is 10.8. The van der Waals surface area contributed by atoms with E-state index in [1.54, 1.807) is 37.6 Å². The summed E-state index contributed by atoms with van der Waals surface area (Å²) < 4.78 is 0. The first-order valence-electron chi connectivity index (χ1n) is 7.24. The summed E-state index contributed by atoms with van der Waals surface area (Å²) in [6.07, 6.45) is 5.14. The Morgan fingerprint density at radius 3 is 2.09 bits per heavy atom. The molecule has 0 amide bonds. The van der Waals surface area contributed by atoms with E-state index < -0.39 is 5.60 Å². The molecule has 0 saturated heterocycles. The van der Waals surface area contributed by atoms with Crippen molar-refractivity contribution in [1.82, 2.24) is 9.97 Å². The van der Waals surface area contributed by atoms with Crippen molar-refractivity contribution in [2.75, 3.05) is 0 Å². The van der Waals surface area contributed by atoms with E-state index in [2.05, 4.69) is 41.2 Å². The fourth-order valence-electron chi connectivity index (χ4n) is 2.42. The Morgan fingerprint density at radius 2 is 1.50 bits per heavy atom. The van der Waals surface area contributed by atoms with Gasteiger partial charge in [0.15, 0.2) is 0 Å². The smallest absolute Gasteiger partial charge is 0.129 e. The van der Waals surface area contributed by atoms with Gasteiger partial charge in [-0.05, 0) is 43.2 Å². The van der Waals surface area contributed by atoms with Gasteiger partial charge < -0.3 is 5.11 Å². The van der Waals surface area contributed by atoms with Gasteiger partial charge in [0.1, 0.15) is 5.60 Å². The van der Waals surface area contributed by atoms with Crippen molar-refractivity contribution in [3.05, 3.63) is 83.9 Å². The molecular weight excluding hydrogens is 272 g/mol. The molecule has 0 spiro atoms. The van der Waals surface area contributed by atoms with Crippen LogP contribution in [0.5, 0.6) is 0 Å². The molecule has 3 heteroatoms. The highest BCUT2D eigenvalue weighted by molar-refractivity contribution is 5.62. The van der Waals surface area contributed by atoms with Crippen LogP contribution < -0.4 is 0 Å². The second-order valence-corrected chi connectivity index (χ2v) is 5.61. The molecule has 0 bridgehead atoms. The molecule has 1 unspecified atom stereocenters. The Morgan fingerprint density at radius 1 is 0.864 bits per heavy atom. The highest BCUT2D eigenvalue weighted by atomic mass is 16.3. The van der Waals surface area contributed by atoms with E-state index in [1.165, 1.54) is 5.56 Å². The van der Waals surface area contributed by atoms with Crippen LogP contribution in [0.4, 0.5) is 0 Å². The lowest BCUT2D eigenvalue weighted by atomic mass is 9.92. The molecule has 1 atom stereocenters. The molecule has 0 aliphatic heterocycles. The summed E-state index contributed by atoms with van der Waals surface area (Å²) in [6, 6.07) is 15.8. The summed E-state index contributed by atoms with van der Waals surface area (Å²) in [5.41, 5.74) is 3.65. The zero-order valence-electron chi connectivity index (χ0n) is 12.7. The molecule has 3 nitrogen and oxygen atoms in total. The van der Waals surface area contributed by atoms with Crippen LogP contribution in [0.1, 0.15) is 23.7 Å². The van der Waals surface area contributed by atoms with E-state index in [4.69, 9.17) is 0 Å². The van der Waals surface area contributed by atoms with Crippen molar-refractivity contribution >= 4 is 0 Å². The molecule has 1 aromatic carbocycles. The Kier molecular flexibility index (Phi) is 3.73. The van der Waals surface area contributed by atoms with Crippen molar-refractivity contribution in [2.45, 2.75) is 19.4 Å². The van der Waals surface area contributed by atoms with Crippen molar-refractivity contribution in [2.24, 2.45) is 0 Å². The summed E-state index contributed by atoms with van der Waals surface area (Å²) >= 11 is 0. The van der Waals surface area contributed by atoms with E-state index in [9.17, 15) is 5.11 Å². The average molecular weight is 290 g/mol. The summed E-state index contributed by atoms with van der Waals surface area (Å²) in [7, 11) is 0. The molecule has 1 N–H and O–H groups in total. The number of hydrogen-bond donors (Lipinski definition) is 1. The number of aliphatic hydroxyl groups is 1. The largest absolute Gasteiger partial charge is 0.379 e. The first kappa shape index (κ1) is 14.4. The first-order valence-corrected chi connectivity index (χ1v) is 7.24. The van der Waals surface area contributed by atoms with Gasteiger partial charge >= 0.3 is 0 Å². The third kappa shape index (κ3) is 2.76. The van der Waals surface area contributed by atoms with Gasteiger partial charge in [-0.15, -0.1) is 0 Å². The van der Waals surface area contributed by atoms with E-state index in [0.717, 1.165) is 16.7 Å². The van der Waals surface area contributed by atoms with Gasteiger partial charge in [-0.3, -0.25) is 9.97 Å². The van der Waals surface area contributed by atoms with E-state index in [1.807, 2.05) is 12.1 Å². The molecule has 2 aromatic heterocycles. The van der Waals surface area contributed by atoms with Crippen LogP contribution in [-0.2, 0) is 5.60 Å². The summed E-state index contributed by atoms with van der Waals surface area (Å²) in [5.74, 6) is 0. The molecule has 22 heavy (non-hydrogen) atoms. The molecule has 0 fully saturated rings. The first-order chi connectivity index (χ1) is 10.6. The zero-order valence-corrected chi connectivity index (χ0v) is 12.7. The van der Waals surface area contributed by atoms with Gasteiger partial charge in [0.2, 0.25) is 0 Å². The van der Waals surface area contributed by atoms with Gasteiger partial charge in [0, 0.05) is 24.2 Å². The Balaban J connectivity index is 1.93. The molecule has 0 aliphatic carbocycles. The molecule has 3 rings (SSSR count). The number of nitrogens with zero attached hydrogens (tertiary/aromatic N) is 2. The summed E-state index contributed by atoms with van der Waals surface area (Å²) in [4.78, 5) is 8.44. The topological polar surface area (TPSA) is 46.0 Å². The minimum Gasteiger partial charge on any atom is -0.379 e. The molecule has 2 heterocycles. The van der Waals surface area contributed by atoms with E-state index >= 15 is 0 Å². The highest BCUT2D eigenvalue weighted by Gasteiger charge is 2.26. The minimum absolute atomic E-state index is 0.620. The Labute approximate surface area is 130 Å². The van der Waals surface area contributed by atoms with Gasteiger partial charge in [-0.1, -0.05) is 35.9 Å². The standard InChI is InChI=1S/C19H18N2O/c1-14-3-5-15(6-4-14)16-7-8-18(21-13-16)19(2,22)17-9-11-20-12-10-17/h3-13,22H,1-2H3. The summed E-state index contributed by atoms with van der Waals surface area (Å²) in [5, 5.41) is 10.8. The molecule has 0 saturated carbocycles. The second kappa shape index (κ2) is 5.70. The maximum Gasteiger partial charge on any atom is 0.129 e. The number of benzene rings is 1. The van der Waals surface area contributed by atoms with Crippen molar-refractivity contribution in [1.29, 1.82) is 0 Å². The monoisotopic (exact) mass is 290 g/mol. The van der Waals surface area contributed by atoms with Crippen LogP contribution in [0.25, 0.3) is 11.1 Å². The van der Waals surface area contributed by atoms with Crippen molar-refractivity contribution in [3.8, 4) is 11.1 Å². The number of aryl methyl sites for hydroxylation is 1. The van der Waals surface area contributed by atoms with Gasteiger partial charge in [-0.25, -0.2) is 0 Å². The van der Waals surface area contributed by atoms with Crippen LogP contribution in [-0.4, -0.2) is 15.1 Å². The number of pyridine rings is 2. The normalized spacial score (nSPS) is 13.6. The van der Waals surface area contributed by atoms with Gasteiger partial charge in [0.25, 0.3) is 0 Å². The van der Waals surface area contributed by atoms with Crippen LogP contribution in [0, 0.1) is 6.92 Å². The SMILES string of the molecule is Cc1ccc(-c2ccc(C(C)(O)c3ccncc3)nc2)cc1. The zero-order chi connectivity index (χ0) is 15.6. The van der Waals surface area contributed by atoms with Gasteiger partial charge in [-0.2, -0.15) is 0 Å². The molecule has 0 aliphatic rings. The maximum atomic E-state index is 10.8. The van der Waals surface area contributed by atoms with Crippen LogP contribution in [0.15, 0.2) is 67.1 Å². The number of hydrogen-bond acceptors (Lipinski definition) is 3. The lowest BCUT2D eigenvalue weighted by molar-refractivity contribution is 0.0973. The second-order valence-electron chi connectivity index (χ2n) is 5.61. The quantitative estimate of drug-likeness (QED) is 0.800. The predicted molar refractivity (Wildman–Crippen MR) is 87.3 cm³/mol. The van der Waals surface area contributed by atoms with Crippen molar-refractivity contribution < 1.29 is 5.11 Å². The lowest BCUT2D eigenvalue weighted by Gasteiger charge is -2.23. The fraction of sp³-hybridized carbons (Fsp3) is 0.158.